The van der Waals surface area contributed by atoms with Crippen LogP contribution in [0.4, 0.5) is 13.9 Å². The number of hydrogen-bond donors (Lipinski definition) is 2. The molecule has 2 rings (SSSR count). The molecule has 0 aliphatic heterocycles. The highest BCUT2D eigenvalue weighted by Gasteiger charge is 2.14. The van der Waals surface area contributed by atoms with Crippen LogP contribution in [0.3, 0.4) is 0 Å². The monoisotopic (exact) mass is 363 g/mol. The van der Waals surface area contributed by atoms with E-state index in [4.69, 9.17) is 0 Å². The van der Waals surface area contributed by atoms with Crippen molar-refractivity contribution in [2.24, 2.45) is 0 Å². The number of carbonyl (C=O) groups excluding carboxylic acids is 1. The highest BCUT2D eigenvalue weighted by Crippen LogP contribution is 2.32. The first-order chi connectivity index (χ1) is 10.6. The maximum Gasteiger partial charge on any atom is 0.387 e. The predicted molar refractivity (Wildman–Crippen MR) is 88.6 cm³/mol. The van der Waals surface area contributed by atoms with Gasteiger partial charge in [0.15, 0.2) is 5.13 Å². The normalized spacial score (nSPS) is 10.3. The molecule has 126 valence electrons. The minimum atomic E-state index is -2.90. The first-order valence-corrected chi connectivity index (χ1v) is 7.42. The molecule has 0 spiro atoms. The number of carbonyl (C=O) groups is 1. The number of alkyl halides is 2. The van der Waals surface area contributed by atoms with Gasteiger partial charge in [-0.05, 0) is 19.2 Å². The average Bonchev–Trinajstić information content (AvgIpc) is 2.93. The third-order valence-corrected chi connectivity index (χ3v) is 3.49. The minimum Gasteiger partial charge on any atom is -0.434 e. The van der Waals surface area contributed by atoms with E-state index in [1.807, 2.05) is 0 Å². The van der Waals surface area contributed by atoms with E-state index >= 15 is 0 Å². The fraction of sp³-hybridized carbons (Fsp3) is 0.286. The van der Waals surface area contributed by atoms with Gasteiger partial charge in [-0.15, -0.1) is 23.7 Å². The van der Waals surface area contributed by atoms with Crippen molar-refractivity contribution in [2.75, 3.05) is 18.9 Å². The van der Waals surface area contributed by atoms with E-state index in [1.54, 1.807) is 30.6 Å². The van der Waals surface area contributed by atoms with Crippen LogP contribution in [0.5, 0.6) is 5.75 Å². The van der Waals surface area contributed by atoms with Crippen molar-refractivity contribution < 1.29 is 18.3 Å². The summed E-state index contributed by atoms with van der Waals surface area (Å²) in [5, 5.41) is 7.64. The number of rotatable bonds is 7. The Labute approximate surface area is 142 Å². The summed E-state index contributed by atoms with van der Waals surface area (Å²) in [5.41, 5.74) is 0.931. The number of nitrogens with one attached hydrogen (secondary N) is 2. The van der Waals surface area contributed by atoms with Crippen molar-refractivity contribution in [1.82, 2.24) is 10.3 Å². The number of ether oxygens (including phenoxy) is 1. The second-order valence-electron chi connectivity index (χ2n) is 4.31. The van der Waals surface area contributed by atoms with Gasteiger partial charge >= 0.3 is 6.61 Å². The number of para-hydroxylation sites is 1. The SMILES string of the molecule is CNCCC(=O)Nc1nc(-c2ccccc2OC(F)F)cs1.Cl. The van der Waals surface area contributed by atoms with Crippen molar-refractivity contribution in [2.45, 2.75) is 13.0 Å². The smallest absolute Gasteiger partial charge is 0.387 e. The van der Waals surface area contributed by atoms with E-state index in [0.29, 0.717) is 29.4 Å². The number of anilines is 1. The highest BCUT2D eigenvalue weighted by atomic mass is 35.5. The number of amides is 1. The van der Waals surface area contributed by atoms with Gasteiger partial charge in [-0.25, -0.2) is 4.98 Å². The second-order valence-corrected chi connectivity index (χ2v) is 5.17. The number of halogens is 3. The van der Waals surface area contributed by atoms with Crippen molar-refractivity contribution in [3.8, 4) is 17.0 Å². The molecule has 2 N–H and O–H groups in total. The van der Waals surface area contributed by atoms with Gasteiger partial charge in [0.25, 0.3) is 0 Å². The van der Waals surface area contributed by atoms with Crippen LogP contribution in [0.2, 0.25) is 0 Å². The first-order valence-electron chi connectivity index (χ1n) is 6.54. The van der Waals surface area contributed by atoms with Gasteiger partial charge in [0.05, 0.1) is 5.69 Å². The summed E-state index contributed by atoms with van der Waals surface area (Å²) >= 11 is 1.23. The lowest BCUT2D eigenvalue weighted by molar-refractivity contribution is -0.116. The first kappa shape index (κ1) is 19.3. The summed E-state index contributed by atoms with van der Waals surface area (Å²) < 4.78 is 29.3. The minimum absolute atomic E-state index is 0. The van der Waals surface area contributed by atoms with Gasteiger partial charge in [0.1, 0.15) is 5.75 Å². The molecule has 0 saturated carbocycles. The van der Waals surface area contributed by atoms with Gasteiger partial charge in [0, 0.05) is 23.9 Å². The zero-order valence-corrected chi connectivity index (χ0v) is 13.8. The Morgan fingerprint density at radius 1 is 1.39 bits per heavy atom. The van der Waals surface area contributed by atoms with Gasteiger partial charge in [-0.3, -0.25) is 4.79 Å². The van der Waals surface area contributed by atoms with E-state index in [-0.39, 0.29) is 24.1 Å². The van der Waals surface area contributed by atoms with Gasteiger partial charge in [-0.2, -0.15) is 8.78 Å². The standard InChI is InChI=1S/C14H15F2N3O2S.ClH/c1-17-7-6-12(20)19-14-18-10(8-22-14)9-4-2-3-5-11(9)21-13(15)16;/h2-5,8,13,17H,6-7H2,1H3,(H,18,19,20);1H. The molecule has 2 aromatic rings. The van der Waals surface area contributed by atoms with Gasteiger partial charge in [-0.1, -0.05) is 12.1 Å². The molecule has 23 heavy (non-hydrogen) atoms. The quantitative estimate of drug-likeness (QED) is 0.791. The molecular weight excluding hydrogens is 348 g/mol. The third-order valence-electron chi connectivity index (χ3n) is 2.73. The van der Waals surface area contributed by atoms with Crippen LogP contribution < -0.4 is 15.4 Å². The molecule has 0 radical (unpaired) electrons. The maximum atomic E-state index is 12.4. The lowest BCUT2D eigenvalue weighted by atomic mass is 10.1. The van der Waals surface area contributed by atoms with Crippen LogP contribution in [-0.4, -0.2) is 31.1 Å². The van der Waals surface area contributed by atoms with Crippen LogP contribution in [0.1, 0.15) is 6.42 Å². The molecule has 0 bridgehead atoms. The van der Waals surface area contributed by atoms with Crippen molar-refractivity contribution in [1.29, 1.82) is 0 Å². The molecule has 0 aliphatic carbocycles. The molecule has 9 heteroatoms. The van der Waals surface area contributed by atoms with E-state index in [2.05, 4.69) is 20.4 Å². The van der Waals surface area contributed by atoms with Gasteiger partial charge in [0.2, 0.25) is 5.91 Å². The highest BCUT2D eigenvalue weighted by molar-refractivity contribution is 7.14. The van der Waals surface area contributed by atoms with Gasteiger partial charge < -0.3 is 15.4 Å². The number of thiazole rings is 1. The maximum absolute atomic E-state index is 12.4. The molecule has 0 atom stereocenters. The zero-order valence-electron chi connectivity index (χ0n) is 12.2. The average molecular weight is 364 g/mol. The Bertz CT molecular complexity index is 640. The molecule has 1 aromatic heterocycles. The summed E-state index contributed by atoms with van der Waals surface area (Å²) in [4.78, 5) is 15.9. The summed E-state index contributed by atoms with van der Waals surface area (Å²) in [6.45, 7) is -2.34. The molecule has 1 heterocycles. The molecule has 0 saturated heterocycles. The zero-order chi connectivity index (χ0) is 15.9. The Balaban J connectivity index is 0.00000264. The van der Waals surface area contributed by atoms with Crippen LogP contribution in [0.15, 0.2) is 29.6 Å². The van der Waals surface area contributed by atoms with Crippen LogP contribution in [0, 0.1) is 0 Å². The molecule has 1 amide bonds. The van der Waals surface area contributed by atoms with Crippen LogP contribution in [-0.2, 0) is 4.79 Å². The summed E-state index contributed by atoms with van der Waals surface area (Å²) in [5.74, 6) is -0.108. The number of benzene rings is 1. The number of nitrogens with zero attached hydrogens (tertiary/aromatic N) is 1. The van der Waals surface area contributed by atoms with Crippen molar-refractivity contribution in [3.05, 3.63) is 29.6 Å². The van der Waals surface area contributed by atoms with E-state index < -0.39 is 6.61 Å². The second kappa shape index (κ2) is 9.39. The summed E-state index contributed by atoms with van der Waals surface area (Å²) in [6, 6.07) is 6.40. The molecule has 0 aliphatic rings. The van der Waals surface area contributed by atoms with E-state index in [1.165, 1.54) is 17.4 Å². The van der Waals surface area contributed by atoms with Crippen LogP contribution >= 0.6 is 23.7 Å². The third kappa shape index (κ3) is 5.74. The fourth-order valence-corrected chi connectivity index (χ4v) is 2.48. The number of aromatic nitrogens is 1. The van der Waals surface area contributed by atoms with Crippen LogP contribution in [0.25, 0.3) is 11.3 Å². The van der Waals surface area contributed by atoms with Crippen molar-refractivity contribution in [3.63, 3.8) is 0 Å². The molecular formula is C14H16ClF2N3O2S. The molecule has 0 fully saturated rings. The molecule has 1 aromatic carbocycles. The fourth-order valence-electron chi connectivity index (χ4n) is 1.75. The Morgan fingerprint density at radius 3 is 2.83 bits per heavy atom. The Hall–Kier alpha value is -1.77. The predicted octanol–water partition coefficient (Wildman–Crippen LogP) is 3.38. The summed E-state index contributed by atoms with van der Waals surface area (Å²) in [7, 11) is 1.76. The molecule has 5 nitrogen and oxygen atoms in total. The van der Waals surface area contributed by atoms with Crippen molar-refractivity contribution >= 4 is 34.8 Å². The topological polar surface area (TPSA) is 63.2 Å². The van der Waals surface area contributed by atoms with E-state index in [9.17, 15) is 13.6 Å². The lowest BCUT2D eigenvalue weighted by Crippen LogP contribution is -2.18. The largest absolute Gasteiger partial charge is 0.434 e. The summed E-state index contributed by atoms with van der Waals surface area (Å²) in [6.07, 6.45) is 0.330. The lowest BCUT2D eigenvalue weighted by Gasteiger charge is -2.08. The Kier molecular flexibility index (Phi) is 7.87. The van der Waals surface area contributed by atoms with E-state index in [0.717, 1.165) is 0 Å². The number of hydrogen-bond acceptors (Lipinski definition) is 5. The Morgan fingerprint density at radius 2 is 2.13 bits per heavy atom. The molecule has 0 unspecified atom stereocenters.